The second kappa shape index (κ2) is 10.0. The van der Waals surface area contributed by atoms with Crippen LogP contribution in [-0.4, -0.2) is 50.4 Å². The Bertz CT molecular complexity index is 1680. The number of anilines is 3. The summed E-state index contributed by atoms with van der Waals surface area (Å²) in [6.45, 7) is 2.69. The number of carbonyl (C=O) groups excluding carboxylic acids is 1. The lowest BCUT2D eigenvalue weighted by atomic mass is 10.2. The smallest absolute Gasteiger partial charge is 0.233 e. The van der Waals surface area contributed by atoms with Crippen molar-refractivity contribution >= 4 is 55.5 Å². The number of aldehydes is 1. The molecule has 4 heterocycles. The van der Waals surface area contributed by atoms with E-state index in [9.17, 15) is 13.2 Å². The average molecular weight is 535 g/mol. The summed E-state index contributed by atoms with van der Waals surface area (Å²) < 4.78 is 25.4. The normalized spacial score (nSPS) is 11.5. The first-order valence-corrected chi connectivity index (χ1v) is 13.9. The van der Waals surface area contributed by atoms with Crippen molar-refractivity contribution in [3.63, 3.8) is 0 Å². The van der Waals surface area contributed by atoms with Crippen molar-refractivity contribution in [1.29, 1.82) is 0 Å². The Hall–Kier alpha value is -4.23. The Kier molecular flexibility index (Phi) is 6.63. The van der Waals surface area contributed by atoms with Gasteiger partial charge in [-0.05, 0) is 42.3 Å². The summed E-state index contributed by atoms with van der Waals surface area (Å²) in [7, 11) is -3.28. The predicted octanol–water partition coefficient (Wildman–Crippen LogP) is 3.61. The molecule has 1 aromatic carbocycles. The molecule has 0 amide bonds. The Morgan fingerprint density at radius 3 is 2.46 bits per heavy atom. The number of carbonyl (C=O) groups is 1. The van der Waals surface area contributed by atoms with Gasteiger partial charge in [-0.3, -0.25) is 15.1 Å². The first-order valence-electron chi connectivity index (χ1n) is 11.1. The third-order valence-electron chi connectivity index (χ3n) is 5.54. The van der Waals surface area contributed by atoms with Gasteiger partial charge < -0.3 is 9.88 Å². The van der Waals surface area contributed by atoms with Crippen LogP contribution in [-0.2, 0) is 22.9 Å². The number of fused-ring (bicyclic) bond motifs is 1. The Balaban J connectivity index is 1.50. The Morgan fingerprint density at radius 1 is 1.03 bits per heavy atom. The molecular formula is C24H22N8O3S2. The van der Waals surface area contributed by atoms with Crippen molar-refractivity contribution in [2.24, 2.45) is 0 Å². The highest BCUT2D eigenvalue weighted by molar-refractivity contribution is 7.90. The molecule has 4 aromatic heterocycles. The van der Waals surface area contributed by atoms with Gasteiger partial charge in [0.25, 0.3) is 0 Å². The van der Waals surface area contributed by atoms with Crippen LogP contribution in [0.25, 0.3) is 11.2 Å². The first kappa shape index (κ1) is 24.5. The number of aromatic nitrogens is 6. The van der Waals surface area contributed by atoms with Crippen LogP contribution in [0.4, 0.5) is 16.9 Å². The second-order valence-electron chi connectivity index (χ2n) is 8.28. The lowest BCUT2D eigenvalue weighted by Crippen LogP contribution is -2.07. The molecule has 0 aliphatic heterocycles. The van der Waals surface area contributed by atoms with Gasteiger partial charge in [-0.25, -0.2) is 18.4 Å². The fourth-order valence-corrected chi connectivity index (χ4v) is 5.04. The highest BCUT2D eigenvalue weighted by Crippen LogP contribution is 2.27. The minimum Gasteiger partial charge on any atom is -0.364 e. The van der Waals surface area contributed by atoms with E-state index in [-0.39, 0.29) is 4.90 Å². The van der Waals surface area contributed by atoms with E-state index in [0.29, 0.717) is 51.7 Å². The molecule has 5 rings (SSSR count). The van der Waals surface area contributed by atoms with Crippen molar-refractivity contribution in [1.82, 2.24) is 29.5 Å². The molecule has 0 spiro atoms. The maximum Gasteiger partial charge on any atom is 0.233 e. The number of nitrogens with zero attached hydrogens (tertiary/aromatic N) is 6. The molecule has 0 fully saturated rings. The zero-order valence-electron chi connectivity index (χ0n) is 19.9. The maximum absolute atomic E-state index is 11.8. The second-order valence-corrected chi connectivity index (χ2v) is 11.3. The molecule has 0 aliphatic rings. The molecule has 0 aliphatic carbocycles. The third kappa shape index (κ3) is 5.47. The van der Waals surface area contributed by atoms with Gasteiger partial charge in [0.1, 0.15) is 0 Å². The molecule has 0 saturated heterocycles. The summed E-state index contributed by atoms with van der Waals surface area (Å²) in [6, 6.07) is 10.5. The number of hydrogen-bond donors (Lipinski definition) is 2. The fourth-order valence-electron chi connectivity index (χ4n) is 3.63. The van der Waals surface area contributed by atoms with Crippen LogP contribution < -0.4 is 10.6 Å². The van der Waals surface area contributed by atoms with Crippen LogP contribution in [0.15, 0.2) is 60.0 Å². The van der Waals surface area contributed by atoms with Crippen molar-refractivity contribution in [3.05, 3.63) is 76.8 Å². The van der Waals surface area contributed by atoms with Gasteiger partial charge in [-0.15, -0.1) is 0 Å². The number of rotatable bonds is 9. The maximum atomic E-state index is 11.8. The number of aryl methyl sites for hydroxylation is 1. The van der Waals surface area contributed by atoms with E-state index in [1.54, 1.807) is 49.9 Å². The van der Waals surface area contributed by atoms with E-state index >= 15 is 0 Å². The molecule has 0 radical (unpaired) electrons. The van der Waals surface area contributed by atoms with Crippen molar-refractivity contribution in [2.75, 3.05) is 16.9 Å². The SMILES string of the molecule is Cc1nc(Nc2nc(NCc3ccncc3)c3ncn(Cc4ccc(S(C)(=O)=O)cc4)c3n2)sc1C=O. The van der Waals surface area contributed by atoms with Gasteiger partial charge in [0.2, 0.25) is 5.95 Å². The minimum atomic E-state index is -3.28. The molecule has 0 bridgehead atoms. The van der Waals surface area contributed by atoms with Gasteiger partial charge in [-0.1, -0.05) is 23.5 Å². The van der Waals surface area contributed by atoms with E-state index in [1.165, 1.54) is 17.6 Å². The largest absolute Gasteiger partial charge is 0.364 e. The monoisotopic (exact) mass is 534 g/mol. The van der Waals surface area contributed by atoms with Gasteiger partial charge in [0.15, 0.2) is 38.2 Å². The molecule has 188 valence electrons. The number of hydrogen-bond acceptors (Lipinski definition) is 11. The van der Waals surface area contributed by atoms with Crippen molar-refractivity contribution < 1.29 is 13.2 Å². The highest BCUT2D eigenvalue weighted by Gasteiger charge is 2.16. The molecule has 0 saturated carbocycles. The molecule has 11 nitrogen and oxygen atoms in total. The topological polar surface area (TPSA) is 145 Å². The number of thiazole rings is 1. The molecule has 13 heteroatoms. The molecule has 2 N–H and O–H groups in total. The Labute approximate surface area is 216 Å². The number of benzene rings is 1. The third-order valence-corrected chi connectivity index (χ3v) is 7.66. The van der Waals surface area contributed by atoms with Crippen LogP contribution in [0.2, 0.25) is 0 Å². The summed E-state index contributed by atoms with van der Waals surface area (Å²) in [5.41, 5.74) is 3.69. The Morgan fingerprint density at radius 2 is 1.78 bits per heavy atom. The van der Waals surface area contributed by atoms with Crippen molar-refractivity contribution in [3.8, 4) is 0 Å². The van der Waals surface area contributed by atoms with Crippen LogP contribution in [0.3, 0.4) is 0 Å². The number of pyridine rings is 1. The predicted molar refractivity (Wildman–Crippen MR) is 141 cm³/mol. The van der Waals surface area contributed by atoms with E-state index < -0.39 is 9.84 Å². The molecule has 0 unspecified atom stereocenters. The lowest BCUT2D eigenvalue weighted by Gasteiger charge is -2.10. The van der Waals surface area contributed by atoms with E-state index in [2.05, 4.69) is 35.6 Å². The number of nitrogens with one attached hydrogen (secondary N) is 2. The summed E-state index contributed by atoms with van der Waals surface area (Å²) in [6.07, 6.45) is 7.06. The summed E-state index contributed by atoms with van der Waals surface area (Å²) in [4.78, 5) is 34.3. The first-order chi connectivity index (χ1) is 17.8. The molecule has 0 atom stereocenters. The molecule has 5 aromatic rings. The van der Waals surface area contributed by atoms with E-state index in [1.807, 2.05) is 16.7 Å². The zero-order chi connectivity index (χ0) is 26.0. The summed E-state index contributed by atoms with van der Waals surface area (Å²) >= 11 is 1.22. The van der Waals surface area contributed by atoms with Gasteiger partial charge in [-0.2, -0.15) is 9.97 Å². The minimum absolute atomic E-state index is 0.261. The van der Waals surface area contributed by atoms with E-state index in [0.717, 1.165) is 17.4 Å². The van der Waals surface area contributed by atoms with Gasteiger partial charge >= 0.3 is 0 Å². The summed E-state index contributed by atoms with van der Waals surface area (Å²) in [5.74, 6) is 0.824. The number of imidazole rings is 1. The van der Waals surface area contributed by atoms with Crippen LogP contribution in [0, 0.1) is 6.92 Å². The fraction of sp³-hybridized carbons (Fsp3) is 0.167. The van der Waals surface area contributed by atoms with Gasteiger partial charge in [0.05, 0.1) is 28.3 Å². The van der Waals surface area contributed by atoms with Crippen molar-refractivity contribution in [2.45, 2.75) is 24.9 Å². The van der Waals surface area contributed by atoms with Crippen LogP contribution in [0.5, 0.6) is 0 Å². The highest BCUT2D eigenvalue weighted by atomic mass is 32.2. The quantitative estimate of drug-likeness (QED) is 0.269. The molecule has 37 heavy (non-hydrogen) atoms. The zero-order valence-corrected chi connectivity index (χ0v) is 21.5. The lowest BCUT2D eigenvalue weighted by molar-refractivity contribution is 0.112. The average Bonchev–Trinajstić information content (AvgIpc) is 3.45. The standard InChI is InChI=1S/C24H22N8O3S2/c1-15-19(13-33)36-24(28-15)31-23-29-21(26-11-16-7-9-25-10-8-16)20-22(30-23)32(14-27-20)12-17-3-5-18(6-4-17)37(2,34)35/h3-10,13-14H,11-12H2,1-2H3,(H2,26,28,29,30,31). The number of sulfone groups is 1. The van der Waals surface area contributed by atoms with E-state index in [4.69, 9.17) is 0 Å². The van der Waals surface area contributed by atoms with Crippen LogP contribution in [0.1, 0.15) is 26.5 Å². The molecular weight excluding hydrogens is 512 g/mol. The summed E-state index contributed by atoms with van der Waals surface area (Å²) in [5, 5.41) is 6.93. The van der Waals surface area contributed by atoms with Gasteiger partial charge in [0, 0.05) is 25.2 Å². The van der Waals surface area contributed by atoms with Crippen LogP contribution >= 0.6 is 11.3 Å².